The number of nitrogen functional groups attached to an aromatic ring is 1. The van der Waals surface area contributed by atoms with Crippen LogP contribution in [0.3, 0.4) is 0 Å². The lowest BCUT2D eigenvalue weighted by molar-refractivity contribution is 0.181. The number of aromatic hydroxyl groups is 1. The molecule has 1 aliphatic heterocycles. The highest BCUT2D eigenvalue weighted by atomic mass is 16.3. The molecule has 0 bridgehead atoms. The number of phenolic OH excluding ortho intramolecular Hbond substituents is 1. The van der Waals surface area contributed by atoms with Crippen molar-refractivity contribution in [1.29, 1.82) is 0 Å². The van der Waals surface area contributed by atoms with E-state index in [1.807, 2.05) is 24.3 Å². The first kappa shape index (κ1) is 15.1. The molecule has 0 atom stereocenters. The van der Waals surface area contributed by atoms with Crippen molar-refractivity contribution in [2.75, 3.05) is 18.8 Å². The second-order valence-electron chi connectivity index (χ2n) is 6.72. The highest BCUT2D eigenvalue weighted by Crippen LogP contribution is 2.29. The van der Waals surface area contributed by atoms with E-state index in [1.54, 1.807) is 6.07 Å². The zero-order valence-electron chi connectivity index (χ0n) is 13.7. The van der Waals surface area contributed by atoms with Crippen LogP contribution in [-0.2, 0) is 6.54 Å². The molecule has 4 heteroatoms. The average molecular weight is 321 g/mol. The number of rotatable bonds is 3. The predicted molar refractivity (Wildman–Crippen MR) is 98.0 cm³/mol. The Balaban J connectivity index is 1.42. The minimum absolute atomic E-state index is 0.332. The van der Waals surface area contributed by atoms with E-state index in [-0.39, 0.29) is 0 Å². The molecule has 4 nitrogen and oxygen atoms in total. The van der Waals surface area contributed by atoms with Gasteiger partial charge in [-0.1, -0.05) is 12.1 Å². The zero-order chi connectivity index (χ0) is 16.5. The normalized spacial score (nSPS) is 16.7. The van der Waals surface area contributed by atoms with Gasteiger partial charge in [0.1, 0.15) is 5.75 Å². The fraction of sp³-hybridized carbons (Fsp3) is 0.300. The summed E-state index contributed by atoms with van der Waals surface area (Å²) >= 11 is 0. The molecule has 1 saturated heterocycles. The molecule has 0 unspecified atom stereocenters. The highest BCUT2D eigenvalue weighted by Gasteiger charge is 2.21. The van der Waals surface area contributed by atoms with E-state index in [1.165, 1.54) is 11.1 Å². The van der Waals surface area contributed by atoms with Crippen molar-refractivity contribution in [3.05, 3.63) is 60.3 Å². The molecule has 1 fully saturated rings. The minimum atomic E-state index is 0.332. The van der Waals surface area contributed by atoms with E-state index < -0.39 is 0 Å². The van der Waals surface area contributed by atoms with E-state index in [4.69, 9.17) is 5.73 Å². The Morgan fingerprint density at radius 1 is 1.00 bits per heavy atom. The van der Waals surface area contributed by atoms with Crippen LogP contribution in [0.25, 0.3) is 10.9 Å². The van der Waals surface area contributed by atoms with Gasteiger partial charge in [-0.15, -0.1) is 0 Å². The molecular weight excluding hydrogens is 298 g/mol. The van der Waals surface area contributed by atoms with Gasteiger partial charge in [-0.05, 0) is 54.8 Å². The zero-order valence-corrected chi connectivity index (χ0v) is 13.7. The van der Waals surface area contributed by atoms with Crippen molar-refractivity contribution < 1.29 is 5.11 Å². The second kappa shape index (κ2) is 6.21. The maximum Gasteiger partial charge on any atom is 0.116 e. The number of hydrogen-bond donors (Lipinski definition) is 2. The van der Waals surface area contributed by atoms with Gasteiger partial charge < -0.3 is 15.4 Å². The first-order valence-electron chi connectivity index (χ1n) is 8.55. The quantitative estimate of drug-likeness (QED) is 0.722. The van der Waals surface area contributed by atoms with E-state index in [9.17, 15) is 5.11 Å². The van der Waals surface area contributed by atoms with E-state index in [2.05, 4.69) is 33.9 Å². The van der Waals surface area contributed by atoms with Gasteiger partial charge in [0.05, 0.1) is 0 Å². The Hall–Kier alpha value is -2.46. The van der Waals surface area contributed by atoms with Crippen LogP contribution >= 0.6 is 0 Å². The molecule has 124 valence electrons. The van der Waals surface area contributed by atoms with Crippen molar-refractivity contribution in [2.45, 2.75) is 25.4 Å². The largest absolute Gasteiger partial charge is 0.508 e. The van der Waals surface area contributed by atoms with Gasteiger partial charge in [-0.2, -0.15) is 0 Å². The molecule has 4 rings (SSSR count). The highest BCUT2D eigenvalue weighted by molar-refractivity contribution is 5.81. The van der Waals surface area contributed by atoms with Gasteiger partial charge in [0, 0.05) is 48.5 Å². The van der Waals surface area contributed by atoms with Gasteiger partial charge in [0.15, 0.2) is 0 Å². The summed E-state index contributed by atoms with van der Waals surface area (Å²) in [5.74, 6) is 0.332. The maximum atomic E-state index is 9.62. The molecule has 1 aromatic heterocycles. The molecule has 24 heavy (non-hydrogen) atoms. The SMILES string of the molecule is Nc1ccc(CN2CCC(n3ccc4cc(O)ccc43)CC2)cc1. The fourth-order valence-corrected chi connectivity index (χ4v) is 3.71. The molecule has 2 heterocycles. The van der Waals surface area contributed by atoms with Crippen molar-refractivity contribution in [3.63, 3.8) is 0 Å². The van der Waals surface area contributed by atoms with Gasteiger partial charge >= 0.3 is 0 Å². The number of benzene rings is 2. The Labute approximate surface area is 142 Å². The molecule has 0 saturated carbocycles. The van der Waals surface area contributed by atoms with Crippen molar-refractivity contribution in [3.8, 4) is 5.75 Å². The second-order valence-corrected chi connectivity index (χ2v) is 6.72. The molecule has 2 aromatic carbocycles. The number of hydrogen-bond acceptors (Lipinski definition) is 3. The van der Waals surface area contributed by atoms with E-state index >= 15 is 0 Å². The summed E-state index contributed by atoms with van der Waals surface area (Å²) in [6.07, 6.45) is 4.46. The molecule has 0 radical (unpaired) electrons. The first-order chi connectivity index (χ1) is 11.7. The Bertz CT molecular complexity index is 830. The lowest BCUT2D eigenvalue weighted by atomic mass is 10.0. The summed E-state index contributed by atoms with van der Waals surface area (Å²) in [5, 5.41) is 10.7. The monoisotopic (exact) mass is 321 g/mol. The van der Waals surface area contributed by atoms with Gasteiger partial charge in [-0.25, -0.2) is 0 Å². The van der Waals surface area contributed by atoms with Crippen LogP contribution in [0.4, 0.5) is 5.69 Å². The molecular formula is C20H23N3O. The number of piperidine rings is 1. The summed E-state index contributed by atoms with van der Waals surface area (Å²) in [5.41, 5.74) is 9.11. The summed E-state index contributed by atoms with van der Waals surface area (Å²) in [6.45, 7) is 3.20. The van der Waals surface area contributed by atoms with Gasteiger partial charge in [0.2, 0.25) is 0 Å². The summed E-state index contributed by atoms with van der Waals surface area (Å²) in [4.78, 5) is 2.51. The summed E-state index contributed by atoms with van der Waals surface area (Å²) in [7, 11) is 0. The van der Waals surface area contributed by atoms with Crippen LogP contribution in [0.5, 0.6) is 5.75 Å². The van der Waals surface area contributed by atoms with Crippen molar-refractivity contribution >= 4 is 16.6 Å². The van der Waals surface area contributed by atoms with Crippen LogP contribution in [-0.4, -0.2) is 27.7 Å². The maximum absolute atomic E-state index is 9.62. The molecule has 3 aromatic rings. The van der Waals surface area contributed by atoms with Crippen LogP contribution in [0.2, 0.25) is 0 Å². The third-order valence-electron chi connectivity index (χ3n) is 5.04. The molecule has 0 amide bonds. The fourth-order valence-electron chi connectivity index (χ4n) is 3.71. The van der Waals surface area contributed by atoms with Crippen LogP contribution in [0, 0.1) is 0 Å². The smallest absolute Gasteiger partial charge is 0.116 e. The van der Waals surface area contributed by atoms with E-state index in [0.717, 1.165) is 43.5 Å². The average Bonchev–Trinajstić information content (AvgIpc) is 3.00. The predicted octanol–water partition coefficient (Wildman–Crippen LogP) is 3.77. The van der Waals surface area contributed by atoms with E-state index in [0.29, 0.717) is 11.8 Å². The number of fused-ring (bicyclic) bond motifs is 1. The Morgan fingerprint density at radius 2 is 1.75 bits per heavy atom. The standard InChI is InChI=1S/C20H23N3O/c21-17-3-1-15(2-4-17)14-22-10-8-18(9-11-22)23-12-7-16-13-19(24)5-6-20(16)23/h1-7,12-13,18,24H,8-11,14,21H2. The lowest BCUT2D eigenvalue weighted by Crippen LogP contribution is -2.34. The molecule has 0 spiro atoms. The third-order valence-corrected chi connectivity index (χ3v) is 5.04. The molecule has 1 aliphatic rings. The number of phenols is 1. The number of nitrogens with two attached hydrogens (primary N) is 1. The van der Waals surface area contributed by atoms with Gasteiger partial charge in [0.25, 0.3) is 0 Å². The topological polar surface area (TPSA) is 54.4 Å². The van der Waals surface area contributed by atoms with Crippen molar-refractivity contribution in [1.82, 2.24) is 9.47 Å². The van der Waals surface area contributed by atoms with Crippen LogP contribution in [0.15, 0.2) is 54.7 Å². The lowest BCUT2D eigenvalue weighted by Gasteiger charge is -2.33. The number of anilines is 1. The summed E-state index contributed by atoms with van der Waals surface area (Å²) in [6, 6.07) is 16.4. The summed E-state index contributed by atoms with van der Waals surface area (Å²) < 4.78 is 2.37. The minimum Gasteiger partial charge on any atom is -0.508 e. The third kappa shape index (κ3) is 2.97. The first-order valence-corrected chi connectivity index (χ1v) is 8.55. The number of likely N-dealkylation sites (tertiary alicyclic amines) is 1. The number of nitrogens with zero attached hydrogens (tertiary/aromatic N) is 2. The van der Waals surface area contributed by atoms with Crippen molar-refractivity contribution in [2.24, 2.45) is 0 Å². The Kier molecular flexibility index (Phi) is 3.90. The molecule has 0 aliphatic carbocycles. The molecule has 3 N–H and O–H groups in total. The van der Waals surface area contributed by atoms with Crippen LogP contribution < -0.4 is 5.73 Å². The number of aromatic nitrogens is 1. The Morgan fingerprint density at radius 3 is 2.50 bits per heavy atom. The van der Waals surface area contributed by atoms with Gasteiger partial charge in [-0.3, -0.25) is 4.90 Å². The van der Waals surface area contributed by atoms with Crippen LogP contribution in [0.1, 0.15) is 24.4 Å².